The SMILES string of the molecule is CCc1cc(Cl)cc(C(=O)NC(C)=O)c1N. The highest BCUT2D eigenvalue weighted by Crippen LogP contribution is 2.23. The van der Waals surface area contributed by atoms with Gasteiger partial charge in [0.05, 0.1) is 5.56 Å². The Hall–Kier alpha value is -1.55. The van der Waals surface area contributed by atoms with Crippen LogP contribution in [0.3, 0.4) is 0 Å². The Morgan fingerprint density at radius 2 is 2.06 bits per heavy atom. The third-order valence-corrected chi connectivity index (χ3v) is 2.36. The van der Waals surface area contributed by atoms with E-state index in [0.29, 0.717) is 17.1 Å². The summed E-state index contributed by atoms with van der Waals surface area (Å²) in [5, 5.41) is 2.59. The first-order chi connectivity index (χ1) is 7.45. The van der Waals surface area contributed by atoms with E-state index >= 15 is 0 Å². The van der Waals surface area contributed by atoms with Gasteiger partial charge >= 0.3 is 0 Å². The van der Waals surface area contributed by atoms with Crippen LogP contribution < -0.4 is 11.1 Å². The molecule has 1 rings (SSSR count). The molecule has 0 aliphatic heterocycles. The molecule has 0 aliphatic rings. The van der Waals surface area contributed by atoms with Gasteiger partial charge in [-0.15, -0.1) is 0 Å². The number of imide groups is 1. The molecule has 0 saturated carbocycles. The van der Waals surface area contributed by atoms with Crippen LogP contribution in [0.5, 0.6) is 0 Å². The molecular formula is C11H13ClN2O2. The molecule has 0 radical (unpaired) electrons. The summed E-state index contributed by atoms with van der Waals surface area (Å²) in [7, 11) is 0. The first kappa shape index (κ1) is 12.5. The Bertz CT molecular complexity index is 444. The van der Waals surface area contributed by atoms with Gasteiger partial charge in [0.2, 0.25) is 5.91 Å². The topological polar surface area (TPSA) is 72.2 Å². The lowest BCUT2D eigenvalue weighted by Crippen LogP contribution is -2.28. The van der Waals surface area contributed by atoms with Crippen LogP contribution in [-0.2, 0) is 11.2 Å². The van der Waals surface area contributed by atoms with Gasteiger partial charge < -0.3 is 5.73 Å². The van der Waals surface area contributed by atoms with Gasteiger partial charge in [-0.1, -0.05) is 18.5 Å². The average Bonchev–Trinajstić information content (AvgIpc) is 2.19. The maximum Gasteiger partial charge on any atom is 0.259 e. The molecule has 0 bridgehead atoms. The largest absolute Gasteiger partial charge is 0.398 e. The standard InChI is InChI=1S/C11H13ClN2O2/c1-3-7-4-8(12)5-9(10(7)13)11(16)14-6(2)15/h4-5H,3,13H2,1-2H3,(H,14,15,16). The number of carbonyl (C=O) groups excluding carboxylic acids is 2. The third-order valence-electron chi connectivity index (χ3n) is 2.15. The van der Waals surface area contributed by atoms with Gasteiger partial charge in [0.1, 0.15) is 0 Å². The molecule has 0 heterocycles. The highest BCUT2D eigenvalue weighted by molar-refractivity contribution is 6.31. The Kier molecular flexibility index (Phi) is 3.90. The number of nitrogen functional groups attached to an aromatic ring is 1. The molecule has 2 amide bonds. The second-order valence-corrected chi connectivity index (χ2v) is 3.83. The summed E-state index contributed by atoms with van der Waals surface area (Å²) in [6.45, 7) is 3.17. The second kappa shape index (κ2) is 4.99. The minimum absolute atomic E-state index is 0.236. The average molecular weight is 241 g/mol. The van der Waals surface area contributed by atoms with E-state index in [1.54, 1.807) is 6.07 Å². The highest BCUT2D eigenvalue weighted by Gasteiger charge is 2.14. The summed E-state index contributed by atoms with van der Waals surface area (Å²) in [6.07, 6.45) is 0.673. The van der Waals surface area contributed by atoms with E-state index in [2.05, 4.69) is 5.32 Å². The predicted octanol–water partition coefficient (Wildman–Crippen LogP) is 1.76. The monoisotopic (exact) mass is 240 g/mol. The van der Waals surface area contributed by atoms with Crippen molar-refractivity contribution in [1.29, 1.82) is 0 Å². The van der Waals surface area contributed by atoms with Gasteiger partial charge in [0.25, 0.3) is 5.91 Å². The number of nitrogens with one attached hydrogen (secondary N) is 1. The molecule has 0 fully saturated rings. The van der Waals surface area contributed by atoms with Crippen LogP contribution >= 0.6 is 11.6 Å². The van der Waals surface area contributed by atoms with Crippen molar-refractivity contribution in [3.05, 3.63) is 28.3 Å². The van der Waals surface area contributed by atoms with Crippen molar-refractivity contribution < 1.29 is 9.59 Å². The van der Waals surface area contributed by atoms with Gasteiger partial charge in [0.15, 0.2) is 0 Å². The van der Waals surface area contributed by atoms with E-state index in [-0.39, 0.29) is 5.56 Å². The van der Waals surface area contributed by atoms with Crippen LogP contribution in [0.25, 0.3) is 0 Å². The predicted molar refractivity (Wildman–Crippen MR) is 63.4 cm³/mol. The first-order valence-electron chi connectivity index (χ1n) is 4.85. The molecule has 86 valence electrons. The van der Waals surface area contributed by atoms with Crippen LogP contribution in [0.15, 0.2) is 12.1 Å². The number of carbonyl (C=O) groups is 2. The minimum atomic E-state index is -0.526. The van der Waals surface area contributed by atoms with E-state index in [1.165, 1.54) is 13.0 Å². The molecule has 1 aromatic carbocycles. The van der Waals surface area contributed by atoms with Crippen LogP contribution in [0.4, 0.5) is 5.69 Å². The quantitative estimate of drug-likeness (QED) is 0.774. The van der Waals surface area contributed by atoms with Gasteiger partial charge in [-0.2, -0.15) is 0 Å². The third kappa shape index (κ3) is 2.73. The molecule has 0 saturated heterocycles. The number of amides is 2. The molecule has 5 heteroatoms. The fourth-order valence-electron chi connectivity index (χ4n) is 1.38. The summed E-state index contributed by atoms with van der Waals surface area (Å²) < 4.78 is 0. The summed E-state index contributed by atoms with van der Waals surface area (Å²) in [5.74, 6) is -0.954. The van der Waals surface area contributed by atoms with E-state index in [1.807, 2.05) is 6.92 Å². The maximum absolute atomic E-state index is 11.6. The van der Waals surface area contributed by atoms with Gasteiger partial charge in [-0.05, 0) is 24.1 Å². The summed E-state index contributed by atoms with van der Waals surface area (Å²) in [5.41, 5.74) is 7.20. The van der Waals surface area contributed by atoms with Crippen molar-refractivity contribution in [3.8, 4) is 0 Å². The number of hydrogen-bond donors (Lipinski definition) is 2. The molecule has 0 spiro atoms. The number of rotatable bonds is 2. The number of benzene rings is 1. The molecule has 0 unspecified atom stereocenters. The summed E-state index contributed by atoms with van der Waals surface area (Å²) >= 11 is 5.86. The first-order valence-corrected chi connectivity index (χ1v) is 5.23. The molecule has 1 aromatic rings. The lowest BCUT2D eigenvalue weighted by molar-refractivity contribution is -0.118. The van der Waals surface area contributed by atoms with Gasteiger partial charge in [-0.3, -0.25) is 14.9 Å². The van der Waals surface area contributed by atoms with Crippen molar-refractivity contribution in [2.24, 2.45) is 0 Å². The minimum Gasteiger partial charge on any atom is -0.398 e. The number of hydrogen-bond acceptors (Lipinski definition) is 3. The summed E-state index contributed by atoms with van der Waals surface area (Å²) in [6, 6.07) is 3.16. The number of anilines is 1. The van der Waals surface area contributed by atoms with Crippen molar-refractivity contribution in [3.63, 3.8) is 0 Å². The highest BCUT2D eigenvalue weighted by atomic mass is 35.5. The van der Waals surface area contributed by atoms with Crippen LogP contribution in [0.1, 0.15) is 29.8 Å². The summed E-state index contributed by atoms with van der Waals surface area (Å²) in [4.78, 5) is 22.4. The van der Waals surface area contributed by atoms with Gasteiger partial charge in [0, 0.05) is 17.6 Å². The van der Waals surface area contributed by atoms with Crippen molar-refractivity contribution in [1.82, 2.24) is 5.32 Å². The molecule has 0 aromatic heterocycles. The van der Waals surface area contributed by atoms with Crippen LogP contribution in [0.2, 0.25) is 5.02 Å². The van der Waals surface area contributed by atoms with Crippen LogP contribution in [0, 0.1) is 0 Å². The maximum atomic E-state index is 11.6. The zero-order chi connectivity index (χ0) is 12.3. The lowest BCUT2D eigenvalue weighted by atomic mass is 10.0. The van der Waals surface area contributed by atoms with Crippen molar-refractivity contribution in [2.45, 2.75) is 20.3 Å². The Labute approximate surface area is 98.8 Å². The van der Waals surface area contributed by atoms with E-state index in [4.69, 9.17) is 17.3 Å². The Morgan fingerprint density at radius 1 is 1.44 bits per heavy atom. The van der Waals surface area contributed by atoms with E-state index in [9.17, 15) is 9.59 Å². The van der Waals surface area contributed by atoms with Crippen molar-refractivity contribution >= 4 is 29.1 Å². The Morgan fingerprint density at radius 3 is 2.56 bits per heavy atom. The molecule has 0 atom stereocenters. The zero-order valence-corrected chi connectivity index (χ0v) is 9.89. The lowest BCUT2D eigenvalue weighted by Gasteiger charge is -2.10. The van der Waals surface area contributed by atoms with E-state index < -0.39 is 11.8 Å². The van der Waals surface area contributed by atoms with Gasteiger partial charge in [-0.25, -0.2) is 0 Å². The molecule has 16 heavy (non-hydrogen) atoms. The fraction of sp³-hybridized carbons (Fsp3) is 0.273. The van der Waals surface area contributed by atoms with E-state index in [0.717, 1.165) is 5.56 Å². The zero-order valence-electron chi connectivity index (χ0n) is 9.13. The number of nitrogens with two attached hydrogens (primary N) is 1. The smallest absolute Gasteiger partial charge is 0.259 e. The number of halogens is 1. The molecule has 3 N–H and O–H groups in total. The molecule has 4 nitrogen and oxygen atoms in total. The number of aryl methyl sites for hydroxylation is 1. The molecular weight excluding hydrogens is 228 g/mol. The Balaban J connectivity index is 3.17. The van der Waals surface area contributed by atoms with Crippen molar-refractivity contribution in [2.75, 3.05) is 5.73 Å². The fourth-order valence-corrected chi connectivity index (χ4v) is 1.62. The molecule has 0 aliphatic carbocycles. The normalized spacial score (nSPS) is 9.94. The second-order valence-electron chi connectivity index (χ2n) is 3.39. The van der Waals surface area contributed by atoms with Crippen LogP contribution in [-0.4, -0.2) is 11.8 Å².